The summed E-state index contributed by atoms with van der Waals surface area (Å²) in [5.74, 6) is 1.88. The molecule has 1 aliphatic carbocycles. The molecule has 0 saturated heterocycles. The molecule has 152 valence electrons. The predicted molar refractivity (Wildman–Crippen MR) is 121 cm³/mol. The monoisotopic (exact) mass is 416 g/mol. The minimum absolute atomic E-state index is 0.0905. The van der Waals surface area contributed by atoms with Crippen LogP contribution >= 0.6 is 11.8 Å². The van der Waals surface area contributed by atoms with Crippen LogP contribution in [0.1, 0.15) is 54.2 Å². The van der Waals surface area contributed by atoms with Crippen molar-refractivity contribution in [2.24, 2.45) is 0 Å². The van der Waals surface area contributed by atoms with E-state index in [9.17, 15) is 4.79 Å². The van der Waals surface area contributed by atoms with Crippen LogP contribution in [0, 0.1) is 0 Å². The first-order chi connectivity index (χ1) is 14.8. The van der Waals surface area contributed by atoms with Crippen LogP contribution in [0.5, 0.6) is 0 Å². The number of aromatic amines is 1. The number of benzene rings is 2. The lowest BCUT2D eigenvalue weighted by atomic mass is 9.88. The van der Waals surface area contributed by atoms with Crippen LogP contribution < -0.4 is 0 Å². The van der Waals surface area contributed by atoms with Gasteiger partial charge in [0.2, 0.25) is 5.16 Å². The Hall–Kier alpha value is -2.86. The maximum absolute atomic E-state index is 12.9. The summed E-state index contributed by atoms with van der Waals surface area (Å²) >= 11 is 1.42. The van der Waals surface area contributed by atoms with Crippen molar-refractivity contribution in [1.29, 1.82) is 0 Å². The largest absolute Gasteiger partial charge is 0.360 e. The molecule has 30 heavy (non-hydrogen) atoms. The number of ketones is 1. The summed E-state index contributed by atoms with van der Waals surface area (Å²) < 4.78 is 1.98. The summed E-state index contributed by atoms with van der Waals surface area (Å²) in [7, 11) is 0. The van der Waals surface area contributed by atoms with Gasteiger partial charge < -0.3 is 4.98 Å². The van der Waals surface area contributed by atoms with Crippen LogP contribution in [0.15, 0.2) is 66.0 Å². The Kier molecular flexibility index (Phi) is 5.41. The molecule has 2 aromatic heterocycles. The molecule has 5 nitrogen and oxygen atoms in total. The fourth-order valence-corrected chi connectivity index (χ4v) is 4.97. The molecule has 0 bridgehead atoms. The van der Waals surface area contributed by atoms with Gasteiger partial charge in [0, 0.05) is 28.6 Å². The quantitative estimate of drug-likeness (QED) is 0.320. The summed E-state index contributed by atoms with van der Waals surface area (Å²) in [6.07, 6.45) is 7.91. The third-order valence-corrected chi connectivity index (χ3v) is 6.64. The van der Waals surface area contributed by atoms with E-state index < -0.39 is 0 Å². The molecule has 0 aliphatic heterocycles. The molecule has 6 heteroatoms. The van der Waals surface area contributed by atoms with E-state index in [2.05, 4.69) is 17.1 Å². The molecule has 0 amide bonds. The molecule has 0 radical (unpaired) electrons. The van der Waals surface area contributed by atoms with E-state index in [4.69, 9.17) is 10.1 Å². The maximum atomic E-state index is 12.9. The number of carbonyl (C=O) groups excluding carboxylic acids is 1. The van der Waals surface area contributed by atoms with Crippen molar-refractivity contribution in [2.45, 2.75) is 43.2 Å². The van der Waals surface area contributed by atoms with E-state index in [0.29, 0.717) is 16.8 Å². The molecule has 2 heterocycles. The average molecular weight is 417 g/mol. The lowest BCUT2D eigenvalue weighted by Crippen LogP contribution is -2.12. The van der Waals surface area contributed by atoms with Crippen molar-refractivity contribution < 1.29 is 4.79 Å². The zero-order valence-corrected chi connectivity index (χ0v) is 17.6. The lowest BCUT2D eigenvalue weighted by Gasteiger charge is -2.21. The first-order valence-electron chi connectivity index (χ1n) is 10.5. The number of hydrogen-bond acceptors (Lipinski definition) is 4. The van der Waals surface area contributed by atoms with Gasteiger partial charge in [-0.15, -0.1) is 5.10 Å². The highest BCUT2D eigenvalue weighted by Crippen LogP contribution is 2.34. The molecular formula is C24H24N4OS. The summed E-state index contributed by atoms with van der Waals surface area (Å²) in [6.45, 7) is 0. The minimum atomic E-state index is 0.0905. The van der Waals surface area contributed by atoms with Crippen LogP contribution in [0.2, 0.25) is 0 Å². The first-order valence-corrected chi connectivity index (χ1v) is 11.5. The predicted octanol–water partition coefficient (Wildman–Crippen LogP) is 5.77. The van der Waals surface area contributed by atoms with Gasteiger partial charge >= 0.3 is 0 Å². The number of H-pyrrole nitrogens is 1. The van der Waals surface area contributed by atoms with E-state index in [-0.39, 0.29) is 5.78 Å². The number of carbonyl (C=O) groups is 1. The van der Waals surface area contributed by atoms with Gasteiger partial charge in [0.1, 0.15) is 5.82 Å². The van der Waals surface area contributed by atoms with Gasteiger partial charge in [-0.25, -0.2) is 9.67 Å². The molecule has 1 fully saturated rings. The number of nitrogens with zero attached hydrogens (tertiary/aromatic N) is 3. The second-order valence-electron chi connectivity index (χ2n) is 7.79. The lowest BCUT2D eigenvalue weighted by molar-refractivity contribution is 0.102. The van der Waals surface area contributed by atoms with Gasteiger partial charge in [0.15, 0.2) is 5.78 Å². The second kappa shape index (κ2) is 8.48. The molecule has 4 aromatic rings. The number of hydrogen-bond donors (Lipinski definition) is 1. The third-order valence-electron chi connectivity index (χ3n) is 5.81. The van der Waals surface area contributed by atoms with Crippen LogP contribution in [0.25, 0.3) is 16.6 Å². The number of aromatic nitrogens is 4. The number of Topliss-reactive ketones (excluding diaryl/α,β-unsaturated/α-hetero) is 1. The minimum Gasteiger partial charge on any atom is -0.360 e. The topological polar surface area (TPSA) is 63.6 Å². The normalized spacial score (nSPS) is 14.9. The first kappa shape index (κ1) is 19.1. The van der Waals surface area contributed by atoms with E-state index in [1.165, 1.54) is 31.0 Å². The fraction of sp³-hybridized carbons (Fsp3) is 0.292. The smallest absolute Gasteiger partial charge is 0.209 e. The molecule has 1 N–H and O–H groups in total. The molecule has 0 unspecified atom stereocenters. The van der Waals surface area contributed by atoms with Gasteiger partial charge in [0.25, 0.3) is 0 Å². The van der Waals surface area contributed by atoms with Crippen molar-refractivity contribution in [3.05, 3.63) is 72.2 Å². The highest BCUT2D eigenvalue weighted by molar-refractivity contribution is 7.99. The van der Waals surface area contributed by atoms with Crippen molar-refractivity contribution in [1.82, 2.24) is 19.7 Å². The Morgan fingerprint density at radius 2 is 1.80 bits per heavy atom. The van der Waals surface area contributed by atoms with Gasteiger partial charge in [-0.05, 0) is 31.0 Å². The summed E-state index contributed by atoms with van der Waals surface area (Å²) in [4.78, 5) is 20.9. The molecule has 0 atom stereocenters. The third kappa shape index (κ3) is 3.79. The van der Waals surface area contributed by atoms with E-state index in [1.54, 1.807) is 6.20 Å². The number of rotatable bonds is 6. The Bertz CT molecular complexity index is 1160. The summed E-state index contributed by atoms with van der Waals surface area (Å²) in [5.41, 5.74) is 2.74. The zero-order chi connectivity index (χ0) is 20.3. The molecular weight excluding hydrogens is 392 g/mol. The fourth-order valence-electron chi connectivity index (χ4n) is 4.26. The molecule has 5 rings (SSSR count). The molecule has 0 spiro atoms. The maximum Gasteiger partial charge on any atom is 0.209 e. The van der Waals surface area contributed by atoms with Crippen molar-refractivity contribution in [3.8, 4) is 5.69 Å². The number of thioether (sulfide) groups is 1. The van der Waals surface area contributed by atoms with Gasteiger partial charge in [-0.2, -0.15) is 0 Å². The molecule has 1 aliphatic rings. The summed E-state index contributed by atoms with van der Waals surface area (Å²) in [5, 5.41) is 6.42. The highest BCUT2D eigenvalue weighted by atomic mass is 32.2. The summed E-state index contributed by atoms with van der Waals surface area (Å²) in [6, 6.07) is 18.1. The second-order valence-corrected chi connectivity index (χ2v) is 8.74. The number of fused-ring (bicyclic) bond motifs is 1. The Morgan fingerprint density at radius 1 is 1.03 bits per heavy atom. The van der Waals surface area contributed by atoms with Crippen LogP contribution in [-0.4, -0.2) is 31.3 Å². The average Bonchev–Trinajstić information content (AvgIpc) is 3.43. The van der Waals surface area contributed by atoms with Crippen LogP contribution in [0.4, 0.5) is 0 Å². The van der Waals surface area contributed by atoms with Gasteiger partial charge in [0.05, 0.1) is 11.4 Å². The van der Waals surface area contributed by atoms with Crippen molar-refractivity contribution >= 4 is 28.4 Å². The van der Waals surface area contributed by atoms with Crippen LogP contribution in [-0.2, 0) is 0 Å². The molecule has 2 aromatic carbocycles. The van der Waals surface area contributed by atoms with Gasteiger partial charge in [-0.3, -0.25) is 4.79 Å². The van der Waals surface area contributed by atoms with Crippen LogP contribution in [0.3, 0.4) is 0 Å². The molecule has 1 saturated carbocycles. The van der Waals surface area contributed by atoms with Gasteiger partial charge in [-0.1, -0.05) is 67.4 Å². The zero-order valence-electron chi connectivity index (χ0n) is 16.8. The standard InChI is InChI=1S/C24H24N4OS/c29-22(20-15-25-21-14-8-7-13-19(20)21)16-30-24-26-23(17-9-3-1-4-10-17)28(27-24)18-11-5-2-6-12-18/h2,5-8,11-15,17,25H,1,3-4,9-10,16H2. The van der Waals surface area contributed by atoms with E-state index in [0.717, 1.165) is 40.8 Å². The Labute approximate surface area is 179 Å². The number of para-hydroxylation sites is 2. The Balaban J connectivity index is 1.39. The van der Waals surface area contributed by atoms with Crippen molar-refractivity contribution in [3.63, 3.8) is 0 Å². The SMILES string of the molecule is O=C(CSc1nc(C2CCCCC2)n(-c2ccccc2)n1)c1c[nH]c2ccccc12. The number of nitrogens with one attached hydrogen (secondary N) is 1. The van der Waals surface area contributed by atoms with E-state index >= 15 is 0 Å². The highest BCUT2D eigenvalue weighted by Gasteiger charge is 2.24. The van der Waals surface area contributed by atoms with E-state index in [1.807, 2.05) is 47.1 Å². The Morgan fingerprint density at radius 3 is 2.63 bits per heavy atom. The van der Waals surface area contributed by atoms with Crippen molar-refractivity contribution in [2.75, 3.05) is 5.75 Å².